The van der Waals surface area contributed by atoms with E-state index < -0.39 is 0 Å². The molecule has 2 rings (SSSR count). The third-order valence-corrected chi connectivity index (χ3v) is 1.88. The summed E-state index contributed by atoms with van der Waals surface area (Å²) in [6.07, 6.45) is 6.60. The van der Waals surface area contributed by atoms with E-state index in [1.807, 2.05) is 13.1 Å². The van der Waals surface area contributed by atoms with Crippen molar-refractivity contribution in [1.82, 2.24) is 20.3 Å². The summed E-state index contributed by atoms with van der Waals surface area (Å²) in [5, 5.41) is 3.00. The topological polar surface area (TPSA) is 59.9 Å². The van der Waals surface area contributed by atoms with Gasteiger partial charge in [-0.1, -0.05) is 0 Å². The fraction of sp³-hybridized carbons (Fsp3) is 0.182. The molecule has 2 aromatic heterocycles. The Morgan fingerprint density at radius 3 is 2.94 bits per heavy atom. The van der Waals surface area contributed by atoms with E-state index in [4.69, 9.17) is 4.74 Å². The van der Waals surface area contributed by atoms with Crippen LogP contribution in [0.2, 0.25) is 0 Å². The van der Waals surface area contributed by atoms with Crippen molar-refractivity contribution in [2.45, 2.75) is 6.54 Å². The lowest BCUT2D eigenvalue weighted by Crippen LogP contribution is -2.07. The van der Waals surface area contributed by atoms with Crippen LogP contribution in [0.15, 0.2) is 36.9 Å². The lowest BCUT2D eigenvalue weighted by atomic mass is 10.4. The Kier molecular flexibility index (Phi) is 3.40. The van der Waals surface area contributed by atoms with Gasteiger partial charge in [0.1, 0.15) is 5.75 Å². The fourth-order valence-corrected chi connectivity index (χ4v) is 1.23. The van der Waals surface area contributed by atoms with E-state index in [1.165, 1.54) is 0 Å². The summed E-state index contributed by atoms with van der Waals surface area (Å²) >= 11 is 0. The van der Waals surface area contributed by atoms with Crippen LogP contribution in [0.25, 0.3) is 0 Å². The molecular weight excluding hydrogens is 204 g/mol. The van der Waals surface area contributed by atoms with Gasteiger partial charge in [0.25, 0.3) is 0 Å². The highest BCUT2D eigenvalue weighted by molar-refractivity contribution is 5.22. The summed E-state index contributed by atoms with van der Waals surface area (Å²) in [5.74, 6) is 1.12. The molecule has 0 aromatic carbocycles. The number of pyridine rings is 1. The van der Waals surface area contributed by atoms with Crippen molar-refractivity contribution < 1.29 is 4.74 Å². The smallest absolute Gasteiger partial charge is 0.238 e. The highest BCUT2D eigenvalue weighted by Gasteiger charge is 2.00. The van der Waals surface area contributed by atoms with Crippen LogP contribution in [0.4, 0.5) is 0 Å². The van der Waals surface area contributed by atoms with E-state index in [0.717, 1.165) is 5.69 Å². The van der Waals surface area contributed by atoms with Crippen LogP contribution in [0.3, 0.4) is 0 Å². The zero-order chi connectivity index (χ0) is 11.2. The summed E-state index contributed by atoms with van der Waals surface area (Å²) in [5.41, 5.74) is 0.837. The van der Waals surface area contributed by atoms with Gasteiger partial charge in [-0.05, 0) is 19.2 Å². The zero-order valence-corrected chi connectivity index (χ0v) is 8.92. The van der Waals surface area contributed by atoms with Gasteiger partial charge in [-0.25, -0.2) is 4.98 Å². The minimum atomic E-state index is 0.473. The van der Waals surface area contributed by atoms with Crippen molar-refractivity contribution in [3.8, 4) is 11.6 Å². The highest BCUT2D eigenvalue weighted by Crippen LogP contribution is 2.16. The molecule has 0 aliphatic heterocycles. The molecule has 0 radical (unpaired) electrons. The summed E-state index contributed by atoms with van der Waals surface area (Å²) in [6, 6.07) is 3.62. The molecule has 0 spiro atoms. The standard InChI is InChI=1S/C11H12N4O/c1-12-5-9-6-14-8-11(15-9)16-10-3-2-4-13-7-10/h2-4,6-8,12H,5H2,1H3. The molecule has 0 saturated carbocycles. The number of nitrogens with zero attached hydrogens (tertiary/aromatic N) is 3. The van der Waals surface area contributed by atoms with Gasteiger partial charge < -0.3 is 10.1 Å². The maximum atomic E-state index is 5.50. The van der Waals surface area contributed by atoms with Gasteiger partial charge in [-0.2, -0.15) is 0 Å². The Morgan fingerprint density at radius 2 is 2.19 bits per heavy atom. The van der Waals surface area contributed by atoms with Crippen molar-refractivity contribution in [3.05, 3.63) is 42.6 Å². The lowest BCUT2D eigenvalue weighted by molar-refractivity contribution is 0.455. The Hall–Kier alpha value is -2.01. The first-order chi connectivity index (χ1) is 7.88. The van der Waals surface area contributed by atoms with E-state index in [1.54, 1.807) is 30.9 Å². The molecule has 1 N–H and O–H groups in total. The molecule has 0 aliphatic rings. The number of nitrogens with one attached hydrogen (secondary N) is 1. The number of hydrogen-bond acceptors (Lipinski definition) is 5. The third kappa shape index (κ3) is 2.74. The van der Waals surface area contributed by atoms with Gasteiger partial charge in [0.2, 0.25) is 5.88 Å². The van der Waals surface area contributed by atoms with Crippen molar-refractivity contribution in [2.24, 2.45) is 0 Å². The molecule has 5 nitrogen and oxygen atoms in total. The summed E-state index contributed by atoms with van der Waals surface area (Å²) < 4.78 is 5.50. The Morgan fingerprint density at radius 1 is 1.25 bits per heavy atom. The van der Waals surface area contributed by atoms with Crippen LogP contribution in [0, 0.1) is 0 Å². The van der Waals surface area contributed by atoms with Crippen molar-refractivity contribution in [2.75, 3.05) is 7.05 Å². The van der Waals surface area contributed by atoms with E-state index >= 15 is 0 Å². The molecule has 2 heterocycles. The highest BCUT2D eigenvalue weighted by atomic mass is 16.5. The molecule has 16 heavy (non-hydrogen) atoms. The van der Waals surface area contributed by atoms with Gasteiger partial charge in [-0.15, -0.1) is 0 Å². The third-order valence-electron chi connectivity index (χ3n) is 1.88. The van der Waals surface area contributed by atoms with Crippen LogP contribution in [0.1, 0.15) is 5.69 Å². The number of aromatic nitrogens is 3. The Bertz CT molecular complexity index is 447. The summed E-state index contributed by atoms with van der Waals surface area (Å²) in [6.45, 7) is 0.664. The maximum absolute atomic E-state index is 5.50. The van der Waals surface area contributed by atoms with E-state index in [2.05, 4.69) is 20.3 Å². The SMILES string of the molecule is CNCc1cncc(Oc2cccnc2)n1. The summed E-state index contributed by atoms with van der Waals surface area (Å²) in [7, 11) is 1.86. The second kappa shape index (κ2) is 5.18. The molecule has 0 saturated heterocycles. The van der Waals surface area contributed by atoms with Crippen LogP contribution in [-0.4, -0.2) is 22.0 Å². The molecule has 0 atom stereocenters. The Labute approximate surface area is 93.5 Å². The molecule has 0 unspecified atom stereocenters. The van der Waals surface area contributed by atoms with Gasteiger partial charge in [-0.3, -0.25) is 9.97 Å². The predicted octanol–water partition coefficient (Wildman–Crippen LogP) is 1.38. The molecule has 0 aliphatic carbocycles. The second-order valence-electron chi connectivity index (χ2n) is 3.17. The van der Waals surface area contributed by atoms with Crippen molar-refractivity contribution in [3.63, 3.8) is 0 Å². The molecule has 0 fully saturated rings. The normalized spacial score (nSPS) is 10.1. The predicted molar refractivity (Wildman–Crippen MR) is 59.1 cm³/mol. The maximum Gasteiger partial charge on any atom is 0.238 e. The molecule has 5 heteroatoms. The number of rotatable bonds is 4. The summed E-state index contributed by atoms with van der Waals surface area (Å²) in [4.78, 5) is 12.3. The first-order valence-corrected chi connectivity index (χ1v) is 4.92. The minimum Gasteiger partial charge on any atom is -0.436 e. The zero-order valence-electron chi connectivity index (χ0n) is 8.92. The van der Waals surface area contributed by atoms with Gasteiger partial charge in [0.05, 0.1) is 18.1 Å². The van der Waals surface area contributed by atoms with Crippen LogP contribution in [-0.2, 0) is 6.54 Å². The van der Waals surface area contributed by atoms with Crippen molar-refractivity contribution in [1.29, 1.82) is 0 Å². The average Bonchev–Trinajstić information content (AvgIpc) is 2.31. The van der Waals surface area contributed by atoms with E-state index in [9.17, 15) is 0 Å². The molecule has 0 amide bonds. The largest absolute Gasteiger partial charge is 0.436 e. The average molecular weight is 216 g/mol. The Balaban J connectivity index is 2.12. The molecular formula is C11H12N4O. The first kappa shape index (κ1) is 10.5. The van der Waals surface area contributed by atoms with Crippen LogP contribution in [0.5, 0.6) is 11.6 Å². The first-order valence-electron chi connectivity index (χ1n) is 4.92. The molecule has 0 bridgehead atoms. The van der Waals surface area contributed by atoms with Gasteiger partial charge in [0.15, 0.2) is 0 Å². The molecule has 82 valence electrons. The van der Waals surface area contributed by atoms with E-state index in [0.29, 0.717) is 18.2 Å². The van der Waals surface area contributed by atoms with Crippen LogP contribution < -0.4 is 10.1 Å². The fourth-order valence-electron chi connectivity index (χ4n) is 1.23. The molecule has 2 aromatic rings. The number of ether oxygens (including phenoxy) is 1. The van der Waals surface area contributed by atoms with Crippen molar-refractivity contribution >= 4 is 0 Å². The van der Waals surface area contributed by atoms with Gasteiger partial charge in [0, 0.05) is 18.9 Å². The van der Waals surface area contributed by atoms with E-state index in [-0.39, 0.29) is 0 Å². The monoisotopic (exact) mass is 216 g/mol. The van der Waals surface area contributed by atoms with Gasteiger partial charge >= 0.3 is 0 Å². The van der Waals surface area contributed by atoms with Crippen LogP contribution >= 0.6 is 0 Å². The minimum absolute atomic E-state index is 0.473. The quantitative estimate of drug-likeness (QED) is 0.836. The second-order valence-corrected chi connectivity index (χ2v) is 3.17. The number of hydrogen-bond donors (Lipinski definition) is 1. The lowest BCUT2D eigenvalue weighted by Gasteiger charge is -2.04.